The normalized spacial score (nSPS) is 15.7. The van der Waals surface area contributed by atoms with Gasteiger partial charge in [-0.15, -0.1) is 0 Å². The third-order valence-corrected chi connectivity index (χ3v) is 3.78. The maximum Gasteiger partial charge on any atom is 0.165 e. The van der Waals surface area contributed by atoms with Crippen molar-refractivity contribution in [1.82, 2.24) is 5.32 Å². The van der Waals surface area contributed by atoms with E-state index in [4.69, 9.17) is 9.47 Å². The first-order chi connectivity index (χ1) is 9.35. The van der Waals surface area contributed by atoms with Gasteiger partial charge in [0.1, 0.15) is 0 Å². The molecule has 0 heterocycles. The van der Waals surface area contributed by atoms with E-state index in [1.54, 1.807) is 7.11 Å². The molecule has 0 unspecified atom stereocenters. The average Bonchev–Trinajstić information content (AvgIpc) is 2.96. The van der Waals surface area contributed by atoms with E-state index in [9.17, 15) is 0 Å². The molecule has 2 rings (SSSR count). The molecule has 0 amide bonds. The lowest BCUT2D eigenvalue weighted by atomic mass is 10.1. The number of rotatable bonds is 7. The van der Waals surface area contributed by atoms with Gasteiger partial charge in [0.15, 0.2) is 11.5 Å². The van der Waals surface area contributed by atoms with Gasteiger partial charge in [0.25, 0.3) is 0 Å². The second-order valence-electron chi connectivity index (χ2n) is 5.19. The molecule has 1 aliphatic rings. The van der Waals surface area contributed by atoms with Crippen molar-refractivity contribution < 1.29 is 9.47 Å². The van der Waals surface area contributed by atoms with E-state index in [1.165, 1.54) is 31.2 Å². The lowest BCUT2D eigenvalue weighted by Gasteiger charge is -2.17. The van der Waals surface area contributed by atoms with E-state index < -0.39 is 0 Å². The molecule has 0 atom stereocenters. The lowest BCUT2D eigenvalue weighted by Crippen LogP contribution is -2.15. The largest absolute Gasteiger partial charge is 0.493 e. The fourth-order valence-electron chi connectivity index (χ4n) is 2.66. The van der Waals surface area contributed by atoms with Gasteiger partial charge in [-0.2, -0.15) is 0 Å². The number of para-hydroxylation sites is 1. The first-order valence-electron chi connectivity index (χ1n) is 7.34. The molecule has 0 aromatic heterocycles. The van der Waals surface area contributed by atoms with Crippen molar-refractivity contribution in [1.29, 1.82) is 0 Å². The van der Waals surface area contributed by atoms with Crippen LogP contribution in [0.4, 0.5) is 0 Å². The fraction of sp³-hybridized carbons (Fsp3) is 0.625. The summed E-state index contributed by atoms with van der Waals surface area (Å²) in [6, 6.07) is 6.10. The van der Waals surface area contributed by atoms with E-state index in [1.807, 2.05) is 12.1 Å². The molecule has 19 heavy (non-hydrogen) atoms. The number of hydrogen-bond acceptors (Lipinski definition) is 3. The van der Waals surface area contributed by atoms with Gasteiger partial charge in [0.05, 0.1) is 13.7 Å². The zero-order chi connectivity index (χ0) is 13.5. The zero-order valence-corrected chi connectivity index (χ0v) is 12.1. The molecule has 0 spiro atoms. The van der Waals surface area contributed by atoms with Crippen LogP contribution < -0.4 is 14.8 Å². The van der Waals surface area contributed by atoms with E-state index in [-0.39, 0.29) is 0 Å². The summed E-state index contributed by atoms with van der Waals surface area (Å²) in [4.78, 5) is 0. The van der Waals surface area contributed by atoms with Crippen molar-refractivity contribution in [3.8, 4) is 11.5 Å². The van der Waals surface area contributed by atoms with Crippen LogP contribution in [0.1, 0.15) is 38.2 Å². The van der Waals surface area contributed by atoms with E-state index in [0.29, 0.717) is 0 Å². The highest BCUT2D eigenvalue weighted by Gasteiger charge is 2.17. The predicted octanol–water partition coefficient (Wildman–Crippen LogP) is 3.37. The van der Waals surface area contributed by atoms with Gasteiger partial charge in [-0.05, 0) is 31.4 Å². The van der Waals surface area contributed by atoms with Crippen LogP contribution in [0.3, 0.4) is 0 Å². The van der Waals surface area contributed by atoms with Crippen LogP contribution in [0.2, 0.25) is 0 Å². The lowest BCUT2D eigenvalue weighted by molar-refractivity contribution is 0.238. The van der Waals surface area contributed by atoms with Crippen LogP contribution in [0, 0.1) is 5.92 Å². The molecule has 1 aromatic carbocycles. The van der Waals surface area contributed by atoms with Crippen LogP contribution in [-0.4, -0.2) is 20.3 Å². The third-order valence-electron chi connectivity index (χ3n) is 3.78. The van der Waals surface area contributed by atoms with Crippen molar-refractivity contribution >= 4 is 0 Å². The predicted molar refractivity (Wildman–Crippen MR) is 77.8 cm³/mol. The van der Waals surface area contributed by atoms with Crippen molar-refractivity contribution in [2.75, 3.05) is 20.3 Å². The summed E-state index contributed by atoms with van der Waals surface area (Å²) in [6.07, 6.45) is 5.31. The fourth-order valence-corrected chi connectivity index (χ4v) is 2.66. The van der Waals surface area contributed by atoms with Crippen LogP contribution in [-0.2, 0) is 6.54 Å². The minimum atomic E-state index is 0.719. The Labute approximate surface area is 116 Å². The summed E-state index contributed by atoms with van der Waals surface area (Å²) in [5, 5.41) is 3.35. The number of nitrogens with one attached hydrogen (secondary N) is 1. The number of benzene rings is 1. The van der Waals surface area contributed by atoms with Gasteiger partial charge in [-0.25, -0.2) is 0 Å². The minimum absolute atomic E-state index is 0.719. The Kier molecular flexibility index (Phi) is 5.52. The first-order valence-corrected chi connectivity index (χ1v) is 7.34. The minimum Gasteiger partial charge on any atom is -0.493 e. The maximum absolute atomic E-state index is 6.08. The molecule has 0 aliphatic heterocycles. The molecule has 1 aromatic rings. The summed E-state index contributed by atoms with van der Waals surface area (Å²) in [7, 11) is 1.70. The van der Waals surface area contributed by atoms with Crippen molar-refractivity contribution in [3.05, 3.63) is 23.8 Å². The molecule has 3 heteroatoms. The molecular weight excluding hydrogens is 238 g/mol. The van der Waals surface area contributed by atoms with E-state index in [2.05, 4.69) is 18.3 Å². The molecule has 0 saturated heterocycles. The number of methoxy groups -OCH3 is 1. The Bertz CT molecular complexity index is 386. The van der Waals surface area contributed by atoms with Crippen LogP contribution >= 0.6 is 0 Å². The van der Waals surface area contributed by atoms with Gasteiger partial charge in [0.2, 0.25) is 0 Å². The second-order valence-corrected chi connectivity index (χ2v) is 5.19. The highest BCUT2D eigenvalue weighted by atomic mass is 16.5. The summed E-state index contributed by atoms with van der Waals surface area (Å²) in [6.45, 7) is 4.71. The van der Waals surface area contributed by atoms with Crippen LogP contribution in [0.5, 0.6) is 11.5 Å². The Morgan fingerprint density at radius 2 is 2.05 bits per heavy atom. The molecular formula is C16H25NO2. The van der Waals surface area contributed by atoms with E-state index >= 15 is 0 Å². The van der Waals surface area contributed by atoms with Crippen molar-refractivity contribution in [3.63, 3.8) is 0 Å². The molecule has 1 N–H and O–H groups in total. The quantitative estimate of drug-likeness (QED) is 0.818. The van der Waals surface area contributed by atoms with Gasteiger partial charge in [-0.1, -0.05) is 31.9 Å². The molecule has 3 nitrogen and oxygen atoms in total. The molecule has 1 aliphatic carbocycles. The monoisotopic (exact) mass is 263 g/mol. The first kappa shape index (κ1) is 14.2. The van der Waals surface area contributed by atoms with Crippen LogP contribution in [0.25, 0.3) is 0 Å². The summed E-state index contributed by atoms with van der Waals surface area (Å²) < 4.78 is 11.5. The van der Waals surface area contributed by atoms with Crippen LogP contribution in [0.15, 0.2) is 18.2 Å². The van der Waals surface area contributed by atoms with Crippen molar-refractivity contribution in [2.45, 2.75) is 39.2 Å². The Morgan fingerprint density at radius 3 is 2.74 bits per heavy atom. The molecule has 0 radical (unpaired) electrons. The highest BCUT2D eigenvalue weighted by Crippen LogP contribution is 2.33. The summed E-state index contributed by atoms with van der Waals surface area (Å²) >= 11 is 0. The number of hydrogen-bond donors (Lipinski definition) is 1. The van der Waals surface area contributed by atoms with Gasteiger partial charge < -0.3 is 14.8 Å². The van der Waals surface area contributed by atoms with E-state index in [0.717, 1.165) is 37.1 Å². The van der Waals surface area contributed by atoms with Gasteiger partial charge >= 0.3 is 0 Å². The topological polar surface area (TPSA) is 30.5 Å². The smallest absolute Gasteiger partial charge is 0.165 e. The second kappa shape index (κ2) is 7.39. The SMILES string of the molecule is CCNCc1cccc(OC)c1OCC1CCCC1. The molecule has 0 bridgehead atoms. The Hall–Kier alpha value is -1.22. The summed E-state index contributed by atoms with van der Waals surface area (Å²) in [5.41, 5.74) is 1.18. The molecule has 106 valence electrons. The Morgan fingerprint density at radius 1 is 1.26 bits per heavy atom. The highest BCUT2D eigenvalue weighted by molar-refractivity contribution is 5.46. The average molecular weight is 263 g/mol. The van der Waals surface area contributed by atoms with Crippen molar-refractivity contribution in [2.24, 2.45) is 5.92 Å². The number of ether oxygens (including phenoxy) is 2. The third kappa shape index (κ3) is 3.87. The zero-order valence-electron chi connectivity index (χ0n) is 12.1. The maximum atomic E-state index is 6.08. The van der Waals surface area contributed by atoms with Gasteiger partial charge in [0, 0.05) is 12.1 Å². The standard InChI is InChI=1S/C16H25NO2/c1-3-17-11-14-9-6-10-15(18-2)16(14)19-12-13-7-4-5-8-13/h6,9-10,13,17H,3-5,7-8,11-12H2,1-2H3. The molecule has 1 saturated carbocycles. The Balaban J connectivity index is 2.05. The molecule has 1 fully saturated rings. The summed E-state index contributed by atoms with van der Waals surface area (Å²) in [5.74, 6) is 2.48. The van der Waals surface area contributed by atoms with Gasteiger partial charge in [-0.3, -0.25) is 0 Å².